The standard InChI is InChI=1S/C16H26N2O/c1-13(17)16(15-7-3-2-4-8-15)18-10-5-6-14(12-18)9-11-19/h2-4,7-8,13-14,16,19H,5-6,9-12,17H2,1H3. The lowest BCUT2D eigenvalue weighted by atomic mass is 9.91. The van der Waals surface area contributed by atoms with E-state index >= 15 is 0 Å². The molecular weight excluding hydrogens is 236 g/mol. The van der Waals surface area contributed by atoms with Crippen LogP contribution in [0.2, 0.25) is 0 Å². The highest BCUT2D eigenvalue weighted by atomic mass is 16.3. The van der Waals surface area contributed by atoms with E-state index in [1.807, 2.05) is 6.07 Å². The quantitative estimate of drug-likeness (QED) is 0.855. The highest BCUT2D eigenvalue weighted by molar-refractivity contribution is 5.20. The van der Waals surface area contributed by atoms with Crippen LogP contribution in [0.4, 0.5) is 0 Å². The maximum Gasteiger partial charge on any atom is 0.0496 e. The van der Waals surface area contributed by atoms with E-state index in [9.17, 15) is 0 Å². The van der Waals surface area contributed by atoms with E-state index < -0.39 is 0 Å². The molecule has 3 N–H and O–H groups in total. The number of rotatable bonds is 5. The van der Waals surface area contributed by atoms with E-state index in [2.05, 4.69) is 36.1 Å². The number of aliphatic hydroxyl groups is 1. The number of hydrogen-bond acceptors (Lipinski definition) is 3. The summed E-state index contributed by atoms with van der Waals surface area (Å²) in [6.45, 7) is 4.56. The van der Waals surface area contributed by atoms with E-state index in [1.165, 1.54) is 18.4 Å². The van der Waals surface area contributed by atoms with Crippen LogP contribution in [0.1, 0.15) is 37.8 Å². The molecule has 1 heterocycles. The molecule has 3 nitrogen and oxygen atoms in total. The van der Waals surface area contributed by atoms with Crippen molar-refractivity contribution in [3.8, 4) is 0 Å². The largest absolute Gasteiger partial charge is 0.396 e. The van der Waals surface area contributed by atoms with Gasteiger partial charge in [-0.3, -0.25) is 4.90 Å². The first-order valence-electron chi connectivity index (χ1n) is 7.38. The summed E-state index contributed by atoms with van der Waals surface area (Å²) in [4.78, 5) is 2.50. The van der Waals surface area contributed by atoms with Crippen molar-refractivity contribution in [1.82, 2.24) is 4.90 Å². The molecule has 3 atom stereocenters. The van der Waals surface area contributed by atoms with Gasteiger partial charge in [0.05, 0.1) is 0 Å². The predicted molar refractivity (Wildman–Crippen MR) is 78.8 cm³/mol. The normalized spacial score (nSPS) is 24.1. The second-order valence-electron chi connectivity index (χ2n) is 5.73. The molecule has 0 spiro atoms. The average Bonchev–Trinajstić information content (AvgIpc) is 2.40. The average molecular weight is 262 g/mol. The number of benzene rings is 1. The summed E-state index contributed by atoms with van der Waals surface area (Å²) < 4.78 is 0. The molecule has 0 radical (unpaired) electrons. The molecule has 1 aliphatic rings. The molecule has 1 aliphatic heterocycles. The minimum absolute atomic E-state index is 0.121. The number of aliphatic hydroxyl groups excluding tert-OH is 1. The Hall–Kier alpha value is -0.900. The summed E-state index contributed by atoms with van der Waals surface area (Å²) in [5, 5.41) is 9.13. The van der Waals surface area contributed by atoms with Gasteiger partial charge >= 0.3 is 0 Å². The Kier molecular flexibility index (Phi) is 5.37. The van der Waals surface area contributed by atoms with Crippen LogP contribution in [0.3, 0.4) is 0 Å². The zero-order valence-corrected chi connectivity index (χ0v) is 11.8. The smallest absolute Gasteiger partial charge is 0.0496 e. The van der Waals surface area contributed by atoms with Gasteiger partial charge in [0, 0.05) is 25.2 Å². The molecule has 1 saturated heterocycles. The Morgan fingerprint density at radius 1 is 1.37 bits per heavy atom. The Morgan fingerprint density at radius 3 is 2.74 bits per heavy atom. The van der Waals surface area contributed by atoms with E-state index in [0.717, 1.165) is 19.5 Å². The molecular formula is C16H26N2O. The van der Waals surface area contributed by atoms with Gasteiger partial charge in [0.1, 0.15) is 0 Å². The highest BCUT2D eigenvalue weighted by Crippen LogP contribution is 2.29. The first-order chi connectivity index (χ1) is 9.22. The molecule has 19 heavy (non-hydrogen) atoms. The molecule has 0 aromatic heterocycles. The maximum atomic E-state index is 9.13. The van der Waals surface area contributed by atoms with Crippen molar-refractivity contribution in [1.29, 1.82) is 0 Å². The Balaban J connectivity index is 2.11. The predicted octanol–water partition coefficient (Wildman–Crippen LogP) is 2.17. The third-order valence-electron chi connectivity index (χ3n) is 4.12. The molecule has 1 aromatic rings. The van der Waals surface area contributed by atoms with Gasteiger partial charge in [0.2, 0.25) is 0 Å². The Labute approximate surface area is 116 Å². The lowest BCUT2D eigenvalue weighted by Gasteiger charge is -2.40. The van der Waals surface area contributed by atoms with Gasteiger partial charge in [-0.15, -0.1) is 0 Å². The van der Waals surface area contributed by atoms with Gasteiger partial charge in [-0.1, -0.05) is 30.3 Å². The molecule has 1 aromatic carbocycles. The minimum Gasteiger partial charge on any atom is -0.396 e. The van der Waals surface area contributed by atoms with Crippen LogP contribution in [0.15, 0.2) is 30.3 Å². The van der Waals surface area contributed by atoms with Crippen LogP contribution in [0, 0.1) is 5.92 Å². The van der Waals surface area contributed by atoms with Crippen LogP contribution >= 0.6 is 0 Å². The van der Waals surface area contributed by atoms with Crippen molar-refractivity contribution >= 4 is 0 Å². The Bertz CT molecular complexity index is 364. The molecule has 106 valence electrons. The summed E-state index contributed by atoms with van der Waals surface area (Å²) >= 11 is 0. The van der Waals surface area contributed by atoms with Crippen molar-refractivity contribution in [2.45, 2.75) is 38.3 Å². The lowest BCUT2D eigenvalue weighted by Crippen LogP contribution is -2.44. The number of nitrogens with two attached hydrogens (primary N) is 1. The molecule has 0 bridgehead atoms. The molecule has 1 fully saturated rings. The fraction of sp³-hybridized carbons (Fsp3) is 0.625. The van der Waals surface area contributed by atoms with Crippen LogP contribution in [-0.2, 0) is 0 Å². The minimum atomic E-state index is 0.121. The second-order valence-corrected chi connectivity index (χ2v) is 5.73. The third-order valence-corrected chi connectivity index (χ3v) is 4.12. The number of likely N-dealkylation sites (tertiary alicyclic amines) is 1. The molecule has 0 amide bonds. The maximum absolute atomic E-state index is 9.13. The summed E-state index contributed by atoms with van der Waals surface area (Å²) in [5.41, 5.74) is 7.54. The molecule has 3 unspecified atom stereocenters. The van der Waals surface area contributed by atoms with Crippen molar-refractivity contribution in [3.63, 3.8) is 0 Å². The molecule has 0 aliphatic carbocycles. The zero-order valence-electron chi connectivity index (χ0n) is 11.8. The summed E-state index contributed by atoms with van der Waals surface area (Å²) in [7, 11) is 0. The van der Waals surface area contributed by atoms with Crippen LogP contribution in [0.25, 0.3) is 0 Å². The van der Waals surface area contributed by atoms with Crippen LogP contribution in [-0.4, -0.2) is 35.7 Å². The van der Waals surface area contributed by atoms with Gasteiger partial charge < -0.3 is 10.8 Å². The molecule has 0 saturated carbocycles. The molecule has 3 heteroatoms. The highest BCUT2D eigenvalue weighted by Gasteiger charge is 2.28. The van der Waals surface area contributed by atoms with Crippen LogP contribution < -0.4 is 5.73 Å². The monoisotopic (exact) mass is 262 g/mol. The first-order valence-corrected chi connectivity index (χ1v) is 7.38. The lowest BCUT2D eigenvalue weighted by molar-refractivity contribution is 0.0967. The van der Waals surface area contributed by atoms with Crippen molar-refractivity contribution < 1.29 is 5.11 Å². The third kappa shape index (κ3) is 3.78. The van der Waals surface area contributed by atoms with Gasteiger partial charge in [0.25, 0.3) is 0 Å². The van der Waals surface area contributed by atoms with Gasteiger partial charge in [-0.05, 0) is 44.2 Å². The zero-order chi connectivity index (χ0) is 13.7. The summed E-state index contributed by atoms with van der Waals surface area (Å²) in [5.74, 6) is 0.615. The fourth-order valence-corrected chi connectivity index (χ4v) is 3.27. The van der Waals surface area contributed by atoms with Crippen molar-refractivity contribution in [2.75, 3.05) is 19.7 Å². The second kappa shape index (κ2) is 7.04. The van der Waals surface area contributed by atoms with Crippen LogP contribution in [0.5, 0.6) is 0 Å². The van der Waals surface area contributed by atoms with Crippen molar-refractivity contribution in [2.24, 2.45) is 11.7 Å². The fourth-order valence-electron chi connectivity index (χ4n) is 3.27. The van der Waals surface area contributed by atoms with Crippen molar-refractivity contribution in [3.05, 3.63) is 35.9 Å². The van der Waals surface area contributed by atoms with E-state index in [1.54, 1.807) is 0 Å². The van der Waals surface area contributed by atoms with E-state index in [-0.39, 0.29) is 6.04 Å². The van der Waals surface area contributed by atoms with E-state index in [4.69, 9.17) is 10.8 Å². The number of nitrogens with zero attached hydrogens (tertiary/aromatic N) is 1. The number of piperidine rings is 1. The first kappa shape index (κ1) is 14.5. The van der Waals surface area contributed by atoms with Gasteiger partial charge in [-0.25, -0.2) is 0 Å². The van der Waals surface area contributed by atoms with Gasteiger partial charge in [-0.2, -0.15) is 0 Å². The SMILES string of the molecule is CC(N)C(c1ccccc1)N1CCCC(CCO)C1. The van der Waals surface area contributed by atoms with Gasteiger partial charge in [0.15, 0.2) is 0 Å². The molecule has 2 rings (SSSR count). The summed E-state index contributed by atoms with van der Waals surface area (Å²) in [6.07, 6.45) is 3.36. The Morgan fingerprint density at radius 2 is 2.11 bits per heavy atom. The summed E-state index contributed by atoms with van der Waals surface area (Å²) in [6, 6.07) is 11.0. The van der Waals surface area contributed by atoms with E-state index in [0.29, 0.717) is 18.6 Å². The number of hydrogen-bond donors (Lipinski definition) is 2. The topological polar surface area (TPSA) is 49.5 Å².